The predicted octanol–water partition coefficient (Wildman–Crippen LogP) is 3.91. The Bertz CT molecular complexity index is 311. The van der Waals surface area contributed by atoms with Crippen LogP contribution >= 0.6 is 0 Å². The van der Waals surface area contributed by atoms with Crippen molar-refractivity contribution in [3.05, 3.63) is 0 Å². The lowest BCUT2D eigenvalue weighted by Crippen LogP contribution is -2.33. The number of aliphatic imine (C=N–C) groups is 1. The van der Waals surface area contributed by atoms with E-state index < -0.39 is 8.32 Å². The number of rotatable bonds is 11. The van der Waals surface area contributed by atoms with Crippen LogP contribution in [-0.4, -0.2) is 36.6 Å². The molecule has 0 spiro atoms. The van der Waals surface area contributed by atoms with Crippen LogP contribution in [0.4, 0.5) is 0 Å². The molecule has 0 unspecified atom stereocenters. The third kappa shape index (κ3) is 11.6. The molecule has 0 saturated carbocycles. The van der Waals surface area contributed by atoms with E-state index in [-0.39, 0.29) is 9.52 Å². The molecule has 0 aliphatic heterocycles. The summed E-state index contributed by atoms with van der Waals surface area (Å²) >= 11 is 0. The molecule has 0 radical (unpaired) electrons. The zero-order chi connectivity index (χ0) is 15.6. The molecule has 0 heterocycles. The molecule has 5 heteroatoms. The molecular formula is C15H33NO2Si2. The summed E-state index contributed by atoms with van der Waals surface area (Å²) in [5, 5.41) is 0.521. The Morgan fingerprint density at radius 3 is 2.50 bits per heavy atom. The summed E-state index contributed by atoms with van der Waals surface area (Å²) in [6, 6.07) is 2.54. The maximum Gasteiger partial charge on any atom is 0.234 e. The molecule has 0 aliphatic rings. The molecule has 3 nitrogen and oxygen atoms in total. The van der Waals surface area contributed by atoms with Crippen molar-refractivity contribution in [3.8, 4) is 0 Å². The molecule has 0 atom stereocenters. The number of isocyanates is 1. The van der Waals surface area contributed by atoms with Crippen molar-refractivity contribution in [3.63, 3.8) is 0 Å². The van der Waals surface area contributed by atoms with Gasteiger partial charge in [0.1, 0.15) is 0 Å². The van der Waals surface area contributed by atoms with E-state index in [2.05, 4.69) is 45.8 Å². The lowest BCUT2D eigenvalue weighted by molar-refractivity contribution is 0.230. The smallest absolute Gasteiger partial charge is 0.234 e. The van der Waals surface area contributed by atoms with Gasteiger partial charge in [-0.25, -0.2) is 9.79 Å². The molecular weight excluding hydrogens is 282 g/mol. The van der Waals surface area contributed by atoms with E-state index in [1.165, 1.54) is 24.9 Å². The fourth-order valence-electron chi connectivity index (χ4n) is 2.65. The van der Waals surface area contributed by atoms with Crippen LogP contribution in [0, 0.1) is 0 Å². The molecule has 0 N–H and O–H groups in total. The average molecular weight is 316 g/mol. The van der Waals surface area contributed by atoms with Crippen molar-refractivity contribution < 1.29 is 9.22 Å². The summed E-state index contributed by atoms with van der Waals surface area (Å²) in [6.45, 7) is 14.4. The Labute approximate surface area is 128 Å². The quantitative estimate of drug-likeness (QED) is 0.251. The third-order valence-corrected chi connectivity index (χ3v) is 8.85. The lowest BCUT2D eigenvalue weighted by atomic mass is 10.1. The van der Waals surface area contributed by atoms with Gasteiger partial charge in [-0.3, -0.25) is 0 Å². The fraction of sp³-hybridized carbons (Fsp3) is 0.933. The molecule has 0 amide bonds. The summed E-state index contributed by atoms with van der Waals surface area (Å²) in [5.41, 5.74) is 0. The molecule has 20 heavy (non-hydrogen) atoms. The van der Waals surface area contributed by atoms with Gasteiger partial charge in [-0.15, -0.1) is 0 Å². The van der Waals surface area contributed by atoms with Crippen molar-refractivity contribution in [1.82, 2.24) is 0 Å². The first-order valence-electron chi connectivity index (χ1n) is 7.90. The van der Waals surface area contributed by atoms with Crippen LogP contribution < -0.4 is 0 Å². The van der Waals surface area contributed by atoms with Crippen LogP contribution in [-0.2, 0) is 9.22 Å². The van der Waals surface area contributed by atoms with Crippen LogP contribution in [0.15, 0.2) is 4.99 Å². The van der Waals surface area contributed by atoms with Gasteiger partial charge in [-0.2, -0.15) is 0 Å². The first-order valence-corrected chi connectivity index (χ1v) is 12.7. The number of carbonyl (C=O) groups excluding carboxylic acids is 1. The first kappa shape index (κ1) is 19.8. The summed E-state index contributed by atoms with van der Waals surface area (Å²) in [5.74, 6) is 0. The minimum absolute atomic E-state index is 0.0900. The molecule has 0 aromatic heterocycles. The molecule has 0 fully saturated rings. The van der Waals surface area contributed by atoms with Crippen molar-refractivity contribution in [2.24, 2.45) is 4.99 Å². The van der Waals surface area contributed by atoms with E-state index in [4.69, 9.17) is 4.43 Å². The van der Waals surface area contributed by atoms with Crippen molar-refractivity contribution in [1.29, 1.82) is 0 Å². The van der Waals surface area contributed by atoms with E-state index in [9.17, 15) is 4.79 Å². The molecule has 118 valence electrons. The Balaban J connectivity index is 3.88. The van der Waals surface area contributed by atoms with Gasteiger partial charge in [-0.05, 0) is 44.4 Å². The van der Waals surface area contributed by atoms with E-state index in [0.29, 0.717) is 17.7 Å². The molecule has 0 bridgehead atoms. The summed E-state index contributed by atoms with van der Waals surface area (Å²) in [4.78, 5) is 13.6. The average Bonchev–Trinajstić information content (AvgIpc) is 2.26. The topological polar surface area (TPSA) is 38.7 Å². The SMILES string of the molecule is CC(C)O[Si](C)(C)CCCC(C)(C)[SiH2]CCCN=C=O. The summed E-state index contributed by atoms with van der Waals surface area (Å²) in [7, 11) is -1.55. The van der Waals surface area contributed by atoms with E-state index in [1.807, 2.05) is 0 Å². The Morgan fingerprint density at radius 2 is 1.95 bits per heavy atom. The molecule has 0 saturated heterocycles. The van der Waals surface area contributed by atoms with Crippen LogP contribution in [0.3, 0.4) is 0 Å². The Morgan fingerprint density at radius 1 is 1.30 bits per heavy atom. The highest BCUT2D eigenvalue weighted by atomic mass is 28.4. The zero-order valence-electron chi connectivity index (χ0n) is 14.3. The van der Waals surface area contributed by atoms with E-state index in [1.54, 1.807) is 6.08 Å². The molecule has 0 aromatic rings. The normalized spacial score (nSPS) is 13.2. The molecule has 0 aromatic carbocycles. The van der Waals surface area contributed by atoms with Gasteiger partial charge in [0, 0.05) is 15.6 Å². The van der Waals surface area contributed by atoms with Gasteiger partial charge in [0.25, 0.3) is 0 Å². The van der Waals surface area contributed by atoms with Gasteiger partial charge in [0.15, 0.2) is 8.32 Å². The van der Waals surface area contributed by atoms with Gasteiger partial charge in [0.05, 0.1) is 6.54 Å². The van der Waals surface area contributed by atoms with Gasteiger partial charge in [-0.1, -0.05) is 32.7 Å². The van der Waals surface area contributed by atoms with Crippen LogP contribution in [0.25, 0.3) is 0 Å². The van der Waals surface area contributed by atoms with Gasteiger partial charge in [0.2, 0.25) is 6.08 Å². The number of nitrogens with zero attached hydrogens (tertiary/aromatic N) is 1. The van der Waals surface area contributed by atoms with Gasteiger partial charge < -0.3 is 4.43 Å². The van der Waals surface area contributed by atoms with Gasteiger partial charge >= 0.3 is 0 Å². The van der Waals surface area contributed by atoms with E-state index in [0.717, 1.165) is 6.42 Å². The second-order valence-corrected chi connectivity index (χ2v) is 14.8. The Hall–Kier alpha value is -0.226. The summed E-state index contributed by atoms with van der Waals surface area (Å²) < 4.78 is 6.08. The second-order valence-electron chi connectivity index (χ2n) is 7.37. The maximum atomic E-state index is 9.99. The van der Waals surface area contributed by atoms with Crippen LogP contribution in [0.2, 0.25) is 30.2 Å². The van der Waals surface area contributed by atoms with Crippen LogP contribution in [0.1, 0.15) is 47.0 Å². The molecule has 0 rings (SSSR count). The lowest BCUT2D eigenvalue weighted by Gasteiger charge is -2.28. The highest BCUT2D eigenvalue weighted by Crippen LogP contribution is 2.33. The highest BCUT2D eigenvalue weighted by molar-refractivity contribution is 6.71. The standard InChI is InChI=1S/C15H33NO2Si2/c1-14(2)18-20(5,6)12-7-9-15(3,4)19-11-8-10-16-13-17/h14H,7-12,19H2,1-6H3. The summed E-state index contributed by atoms with van der Waals surface area (Å²) in [6.07, 6.45) is 5.63. The maximum absolute atomic E-state index is 9.99. The minimum atomic E-state index is -1.46. The number of hydrogen-bond donors (Lipinski definition) is 0. The fourth-order valence-corrected chi connectivity index (χ4v) is 7.01. The minimum Gasteiger partial charge on any atom is -0.415 e. The van der Waals surface area contributed by atoms with Crippen molar-refractivity contribution in [2.45, 2.75) is 83.3 Å². The zero-order valence-corrected chi connectivity index (χ0v) is 16.7. The Kier molecular flexibility index (Phi) is 9.55. The predicted molar refractivity (Wildman–Crippen MR) is 92.7 cm³/mol. The van der Waals surface area contributed by atoms with Crippen molar-refractivity contribution in [2.75, 3.05) is 6.54 Å². The van der Waals surface area contributed by atoms with E-state index >= 15 is 0 Å². The largest absolute Gasteiger partial charge is 0.415 e. The monoisotopic (exact) mass is 315 g/mol. The molecule has 0 aliphatic carbocycles. The highest BCUT2D eigenvalue weighted by Gasteiger charge is 2.25. The van der Waals surface area contributed by atoms with Crippen LogP contribution in [0.5, 0.6) is 0 Å². The third-order valence-electron chi connectivity index (χ3n) is 3.63. The first-order chi connectivity index (χ1) is 9.18. The second kappa shape index (κ2) is 9.66. The number of hydrogen-bond acceptors (Lipinski definition) is 3. The van der Waals surface area contributed by atoms with Crippen molar-refractivity contribution >= 4 is 23.9 Å².